The molecule has 0 rings (SSSR count). The summed E-state index contributed by atoms with van der Waals surface area (Å²) in [5.41, 5.74) is 0. The highest BCUT2D eigenvalue weighted by Gasteiger charge is 2.05. The molecule has 0 amide bonds. The van der Waals surface area contributed by atoms with Crippen LogP contribution in [0.3, 0.4) is 0 Å². The molecule has 0 saturated heterocycles. The Labute approximate surface area is 106 Å². The second kappa shape index (κ2) is 10.2. The minimum absolute atomic E-state index is 0.0564. The van der Waals surface area contributed by atoms with E-state index >= 15 is 0 Å². The monoisotopic (exact) mass is 254 g/mol. The molecule has 96 valence electrons. The molecule has 0 spiro atoms. The molecule has 0 aromatic carbocycles. The average Bonchev–Trinajstić information content (AvgIpc) is 2.28. The van der Waals surface area contributed by atoms with Crippen molar-refractivity contribution < 1.29 is 8.42 Å². The van der Waals surface area contributed by atoms with E-state index in [1.54, 1.807) is 0 Å². The summed E-state index contributed by atoms with van der Waals surface area (Å²) in [5.74, 6) is 11.1. The lowest BCUT2D eigenvalue weighted by atomic mass is 10.3. The molecule has 0 heterocycles. The summed E-state index contributed by atoms with van der Waals surface area (Å²) < 4.78 is 23.0. The Hall–Kier alpha value is -0.930. The predicted octanol–water partition coefficient (Wildman–Crippen LogP) is 2.79. The van der Waals surface area contributed by atoms with Gasteiger partial charge in [0.25, 0.3) is 0 Å². The first kappa shape index (κ1) is 16.1. The van der Waals surface area contributed by atoms with Crippen molar-refractivity contribution in [3.63, 3.8) is 0 Å². The van der Waals surface area contributed by atoms with Gasteiger partial charge in [0, 0.05) is 12.8 Å². The zero-order chi connectivity index (χ0) is 13.0. The molecular formula is C14H22O2S. The van der Waals surface area contributed by atoms with Crippen molar-refractivity contribution in [2.75, 3.05) is 11.5 Å². The molecule has 0 fully saturated rings. The van der Waals surface area contributed by atoms with Crippen LogP contribution in [0.15, 0.2) is 0 Å². The Balaban J connectivity index is 3.93. The minimum atomic E-state index is -3.10. The maximum atomic E-state index is 11.5. The van der Waals surface area contributed by atoms with Gasteiger partial charge in [-0.1, -0.05) is 38.5 Å². The quantitative estimate of drug-likeness (QED) is 0.539. The summed E-state index contributed by atoms with van der Waals surface area (Å²) in [6.45, 7) is 4.18. The fourth-order valence-electron chi connectivity index (χ4n) is 1.08. The van der Waals surface area contributed by atoms with E-state index in [0.29, 0.717) is 0 Å². The first-order valence-corrected chi connectivity index (χ1v) is 8.06. The minimum Gasteiger partial charge on any atom is -0.227 e. The molecule has 0 radical (unpaired) electrons. The highest BCUT2D eigenvalue weighted by Crippen LogP contribution is 1.93. The molecule has 0 saturated carbocycles. The van der Waals surface area contributed by atoms with Gasteiger partial charge in [-0.3, -0.25) is 0 Å². The van der Waals surface area contributed by atoms with Gasteiger partial charge in [0.2, 0.25) is 0 Å². The van der Waals surface area contributed by atoms with E-state index in [-0.39, 0.29) is 11.5 Å². The molecule has 0 aliphatic rings. The molecule has 17 heavy (non-hydrogen) atoms. The highest BCUT2D eigenvalue weighted by molar-refractivity contribution is 7.91. The van der Waals surface area contributed by atoms with Crippen molar-refractivity contribution in [1.29, 1.82) is 0 Å². The lowest BCUT2D eigenvalue weighted by molar-refractivity contribution is 0.602. The molecule has 0 aliphatic heterocycles. The zero-order valence-corrected chi connectivity index (χ0v) is 11.7. The van der Waals surface area contributed by atoms with Gasteiger partial charge in [-0.25, -0.2) is 8.42 Å². The Kier molecular flexibility index (Phi) is 9.68. The van der Waals surface area contributed by atoms with E-state index in [0.717, 1.165) is 38.5 Å². The van der Waals surface area contributed by atoms with Crippen LogP contribution >= 0.6 is 0 Å². The number of unbranched alkanes of at least 4 members (excludes halogenated alkanes) is 4. The van der Waals surface area contributed by atoms with Crippen LogP contribution in [-0.4, -0.2) is 19.9 Å². The third kappa shape index (κ3) is 11.3. The van der Waals surface area contributed by atoms with E-state index in [1.165, 1.54) is 0 Å². The summed E-state index contributed by atoms with van der Waals surface area (Å²) >= 11 is 0. The summed E-state index contributed by atoms with van der Waals surface area (Å²) in [6, 6.07) is 0. The first-order chi connectivity index (χ1) is 8.12. The Morgan fingerprint density at radius 3 is 1.53 bits per heavy atom. The number of rotatable bonds is 6. The summed E-state index contributed by atoms with van der Waals surface area (Å²) in [7, 11) is -3.10. The van der Waals surface area contributed by atoms with Crippen molar-refractivity contribution in [2.45, 2.75) is 52.4 Å². The standard InChI is InChI=1S/C14H22O2S/c1-3-5-7-9-11-13-17(15,16)14-12-10-8-6-4-2/h3-8,13-14H2,1-2H3. The first-order valence-electron chi connectivity index (χ1n) is 6.24. The highest BCUT2D eigenvalue weighted by atomic mass is 32.2. The van der Waals surface area contributed by atoms with E-state index in [4.69, 9.17) is 0 Å². The second-order valence-electron chi connectivity index (χ2n) is 3.95. The van der Waals surface area contributed by atoms with Gasteiger partial charge in [0.15, 0.2) is 9.84 Å². The zero-order valence-electron chi connectivity index (χ0n) is 10.9. The number of sulfone groups is 1. The van der Waals surface area contributed by atoms with E-state index in [1.807, 2.05) is 0 Å². The molecule has 0 aromatic rings. The third-order valence-electron chi connectivity index (χ3n) is 2.14. The van der Waals surface area contributed by atoms with Crippen LogP contribution in [0, 0.1) is 23.7 Å². The molecular weight excluding hydrogens is 232 g/mol. The fraction of sp³-hybridized carbons (Fsp3) is 0.714. The van der Waals surface area contributed by atoms with E-state index in [9.17, 15) is 8.42 Å². The molecule has 3 heteroatoms. The Morgan fingerprint density at radius 1 is 0.765 bits per heavy atom. The molecule has 0 aromatic heterocycles. The van der Waals surface area contributed by atoms with Crippen molar-refractivity contribution >= 4 is 9.84 Å². The maximum absolute atomic E-state index is 11.5. The normalized spacial score (nSPS) is 10.0. The van der Waals surface area contributed by atoms with Gasteiger partial charge < -0.3 is 0 Å². The van der Waals surface area contributed by atoms with E-state index < -0.39 is 9.84 Å². The molecule has 0 atom stereocenters. The van der Waals surface area contributed by atoms with Crippen LogP contribution < -0.4 is 0 Å². The average molecular weight is 254 g/mol. The lowest BCUT2D eigenvalue weighted by Crippen LogP contribution is -2.08. The predicted molar refractivity (Wildman–Crippen MR) is 73.3 cm³/mol. The fourth-order valence-corrected chi connectivity index (χ4v) is 1.83. The van der Waals surface area contributed by atoms with Crippen LogP contribution in [0.5, 0.6) is 0 Å². The van der Waals surface area contributed by atoms with Gasteiger partial charge in [0.1, 0.15) is 11.5 Å². The van der Waals surface area contributed by atoms with E-state index in [2.05, 4.69) is 37.5 Å². The number of hydrogen-bond donors (Lipinski definition) is 0. The molecule has 0 bridgehead atoms. The van der Waals surface area contributed by atoms with Gasteiger partial charge in [-0.05, 0) is 12.8 Å². The van der Waals surface area contributed by atoms with Gasteiger partial charge in [-0.15, -0.1) is 11.8 Å². The summed E-state index contributed by atoms with van der Waals surface area (Å²) in [6.07, 6.45) is 5.81. The third-order valence-corrected chi connectivity index (χ3v) is 3.31. The van der Waals surface area contributed by atoms with Crippen LogP contribution in [0.1, 0.15) is 52.4 Å². The van der Waals surface area contributed by atoms with Crippen molar-refractivity contribution in [1.82, 2.24) is 0 Å². The summed E-state index contributed by atoms with van der Waals surface area (Å²) in [5, 5.41) is 0. The maximum Gasteiger partial charge on any atom is 0.172 e. The van der Waals surface area contributed by atoms with Crippen molar-refractivity contribution in [3.05, 3.63) is 0 Å². The smallest absolute Gasteiger partial charge is 0.172 e. The second-order valence-corrected chi connectivity index (χ2v) is 6.01. The SMILES string of the molecule is CCCCC#CCS(=O)(=O)CC#CCCCC. The van der Waals surface area contributed by atoms with Crippen LogP contribution in [-0.2, 0) is 9.84 Å². The number of hydrogen-bond acceptors (Lipinski definition) is 2. The molecule has 2 nitrogen and oxygen atoms in total. The Morgan fingerprint density at radius 2 is 1.18 bits per heavy atom. The largest absolute Gasteiger partial charge is 0.227 e. The Bertz CT molecular complexity index is 365. The topological polar surface area (TPSA) is 34.1 Å². The molecule has 0 unspecified atom stereocenters. The van der Waals surface area contributed by atoms with Crippen molar-refractivity contribution in [2.24, 2.45) is 0 Å². The van der Waals surface area contributed by atoms with Crippen LogP contribution in [0.2, 0.25) is 0 Å². The molecule has 0 N–H and O–H groups in total. The van der Waals surface area contributed by atoms with Gasteiger partial charge in [-0.2, -0.15) is 0 Å². The van der Waals surface area contributed by atoms with Gasteiger partial charge >= 0.3 is 0 Å². The lowest BCUT2D eigenvalue weighted by Gasteiger charge is -1.92. The van der Waals surface area contributed by atoms with Crippen molar-refractivity contribution in [3.8, 4) is 23.7 Å². The molecule has 0 aliphatic carbocycles. The summed E-state index contributed by atoms with van der Waals surface area (Å²) in [4.78, 5) is 0. The van der Waals surface area contributed by atoms with Crippen LogP contribution in [0.4, 0.5) is 0 Å². The van der Waals surface area contributed by atoms with Gasteiger partial charge in [0.05, 0.1) is 0 Å². The van der Waals surface area contributed by atoms with Crippen LogP contribution in [0.25, 0.3) is 0 Å².